The molecule has 0 saturated heterocycles. The summed E-state index contributed by atoms with van der Waals surface area (Å²) in [5.74, 6) is 0.717. The summed E-state index contributed by atoms with van der Waals surface area (Å²) >= 11 is 7.46. The van der Waals surface area contributed by atoms with E-state index in [9.17, 15) is 5.11 Å². The zero-order chi connectivity index (χ0) is 27.5. The van der Waals surface area contributed by atoms with Crippen molar-refractivity contribution in [1.29, 1.82) is 10.5 Å². The van der Waals surface area contributed by atoms with Crippen molar-refractivity contribution in [3.05, 3.63) is 98.9 Å². The van der Waals surface area contributed by atoms with Crippen molar-refractivity contribution in [2.75, 3.05) is 10.6 Å². The Morgan fingerprint density at radius 1 is 1.10 bits per heavy atom. The lowest BCUT2D eigenvalue weighted by atomic mass is 10.0. The number of rotatable bonds is 7. The number of anilines is 4. The van der Waals surface area contributed by atoms with E-state index in [1.54, 1.807) is 47.1 Å². The van der Waals surface area contributed by atoms with Gasteiger partial charge in [0.25, 0.3) is 0 Å². The molecular weight excluding hydrogens is 532 g/mol. The predicted octanol–water partition coefficient (Wildman–Crippen LogP) is 6.43. The summed E-state index contributed by atoms with van der Waals surface area (Å²) in [6.45, 7) is 3.92. The molecule has 0 aliphatic carbocycles. The van der Waals surface area contributed by atoms with Crippen LogP contribution in [0.5, 0.6) is 0 Å². The molecule has 192 valence electrons. The number of imidazole rings is 1. The molecule has 3 heterocycles. The highest BCUT2D eigenvalue weighted by atomic mass is 35.5. The lowest BCUT2D eigenvalue weighted by Crippen LogP contribution is -2.11. The fourth-order valence-corrected chi connectivity index (χ4v) is 5.30. The van der Waals surface area contributed by atoms with E-state index in [0.717, 1.165) is 22.4 Å². The number of nitrogens with zero attached hydrogens (tertiary/aromatic N) is 6. The van der Waals surface area contributed by atoms with Crippen LogP contribution in [0.15, 0.2) is 60.2 Å². The minimum Gasteiger partial charge on any atom is -0.382 e. The summed E-state index contributed by atoms with van der Waals surface area (Å²) in [6, 6.07) is 15.0. The van der Waals surface area contributed by atoms with Crippen LogP contribution in [0.3, 0.4) is 0 Å². The molecule has 5 aromatic rings. The number of aliphatic hydroxyl groups is 1. The number of thiazole rings is 1. The van der Waals surface area contributed by atoms with Crippen molar-refractivity contribution in [2.45, 2.75) is 20.0 Å². The molecule has 9 nitrogen and oxygen atoms in total. The second kappa shape index (κ2) is 10.9. The summed E-state index contributed by atoms with van der Waals surface area (Å²) in [5, 5.41) is 38.1. The van der Waals surface area contributed by atoms with Crippen LogP contribution in [-0.2, 0) is 0 Å². The normalized spacial score (nSPS) is 11.8. The number of nitrogens with one attached hydrogen (secondary N) is 2. The number of aromatic nitrogens is 4. The Labute approximate surface area is 233 Å². The Morgan fingerprint density at radius 2 is 1.85 bits per heavy atom. The molecule has 0 amide bonds. The SMILES string of the molecule is Cc1cc(/C=C/C#N)cc(C)c1Nc1nc(Nc2ccc(C#N)cc2)ncc1C(O)c1csc2nc(Cl)cn12. The highest BCUT2D eigenvalue weighted by molar-refractivity contribution is 7.15. The maximum atomic E-state index is 11.5. The first-order chi connectivity index (χ1) is 18.9. The third-order valence-electron chi connectivity index (χ3n) is 6.02. The fourth-order valence-electron chi connectivity index (χ4n) is 4.18. The molecule has 0 bridgehead atoms. The Hall–Kier alpha value is -4.74. The average Bonchev–Trinajstić information content (AvgIpc) is 3.48. The fraction of sp³-hybridized carbons (Fsp3) is 0.107. The van der Waals surface area contributed by atoms with Gasteiger partial charge in [-0.3, -0.25) is 4.40 Å². The number of fused-ring (bicyclic) bond motifs is 1. The standard InChI is InChI=1S/C28H21ClN8OS/c1-16-10-19(4-3-9-30)11-17(2)24(16)35-26-21(25(38)22-15-39-28-34-23(29)14-37(22)28)13-32-27(36-26)33-20-7-5-18(12-31)6-8-20/h3-8,10-11,13-15,25,38H,1-2H3,(H2,32,33,35,36)/b4-3+. The summed E-state index contributed by atoms with van der Waals surface area (Å²) in [5.41, 5.74) is 5.89. The number of hydrogen-bond donors (Lipinski definition) is 3. The molecule has 0 aliphatic rings. The molecule has 3 N–H and O–H groups in total. The molecule has 2 aromatic carbocycles. The zero-order valence-electron chi connectivity index (χ0n) is 20.8. The van der Waals surface area contributed by atoms with Crippen LogP contribution in [0.2, 0.25) is 5.15 Å². The van der Waals surface area contributed by atoms with Crippen LogP contribution in [0.1, 0.15) is 39.6 Å². The minimum absolute atomic E-state index is 0.308. The molecule has 39 heavy (non-hydrogen) atoms. The highest BCUT2D eigenvalue weighted by Gasteiger charge is 2.23. The highest BCUT2D eigenvalue weighted by Crippen LogP contribution is 2.34. The summed E-state index contributed by atoms with van der Waals surface area (Å²) in [7, 11) is 0. The second-order valence-electron chi connectivity index (χ2n) is 8.71. The number of aryl methyl sites for hydroxylation is 2. The molecule has 1 unspecified atom stereocenters. The van der Waals surface area contributed by atoms with Crippen molar-refractivity contribution >= 4 is 57.1 Å². The van der Waals surface area contributed by atoms with E-state index in [1.807, 2.05) is 37.4 Å². The Kier molecular flexibility index (Phi) is 7.26. The molecule has 5 rings (SSSR count). The van der Waals surface area contributed by atoms with Crippen molar-refractivity contribution < 1.29 is 5.11 Å². The number of benzene rings is 2. The van der Waals surface area contributed by atoms with E-state index < -0.39 is 6.10 Å². The molecule has 0 aliphatic heterocycles. The maximum Gasteiger partial charge on any atom is 0.229 e. The number of nitriles is 2. The van der Waals surface area contributed by atoms with Crippen LogP contribution in [0.25, 0.3) is 11.0 Å². The van der Waals surface area contributed by atoms with Crippen LogP contribution in [-0.4, -0.2) is 24.5 Å². The van der Waals surface area contributed by atoms with E-state index in [0.29, 0.717) is 44.4 Å². The van der Waals surface area contributed by atoms with Gasteiger partial charge in [0.2, 0.25) is 5.95 Å². The van der Waals surface area contributed by atoms with Gasteiger partial charge in [-0.25, -0.2) is 9.97 Å². The average molecular weight is 553 g/mol. The molecular formula is C28H21ClN8OS. The molecule has 11 heteroatoms. The van der Waals surface area contributed by atoms with Gasteiger partial charge in [0.1, 0.15) is 17.1 Å². The van der Waals surface area contributed by atoms with Crippen LogP contribution in [0.4, 0.5) is 23.1 Å². The van der Waals surface area contributed by atoms with E-state index in [1.165, 1.54) is 17.4 Å². The molecule has 0 fully saturated rings. The van der Waals surface area contributed by atoms with Gasteiger partial charge in [0.15, 0.2) is 4.96 Å². The summed E-state index contributed by atoms with van der Waals surface area (Å²) in [6.07, 6.45) is 5.34. The first kappa shape index (κ1) is 25.9. The quantitative estimate of drug-likeness (QED) is 0.196. The number of hydrogen-bond acceptors (Lipinski definition) is 9. The molecule has 0 spiro atoms. The van der Waals surface area contributed by atoms with E-state index in [2.05, 4.69) is 26.7 Å². The second-order valence-corrected chi connectivity index (χ2v) is 9.93. The lowest BCUT2D eigenvalue weighted by molar-refractivity contribution is 0.214. The van der Waals surface area contributed by atoms with Crippen LogP contribution < -0.4 is 10.6 Å². The monoisotopic (exact) mass is 552 g/mol. The van der Waals surface area contributed by atoms with Gasteiger partial charge >= 0.3 is 0 Å². The van der Waals surface area contributed by atoms with Gasteiger partial charge in [-0.05, 0) is 73.0 Å². The van der Waals surface area contributed by atoms with Crippen molar-refractivity contribution in [3.8, 4) is 12.1 Å². The Bertz CT molecular complexity index is 1770. The topological polar surface area (TPSA) is 135 Å². The number of halogens is 1. The van der Waals surface area contributed by atoms with Crippen molar-refractivity contribution in [2.24, 2.45) is 0 Å². The van der Waals surface area contributed by atoms with E-state index >= 15 is 0 Å². The predicted molar refractivity (Wildman–Crippen MR) is 152 cm³/mol. The molecule has 3 aromatic heterocycles. The van der Waals surface area contributed by atoms with Gasteiger partial charge in [-0.1, -0.05) is 11.6 Å². The first-order valence-corrected chi connectivity index (χ1v) is 13.0. The minimum atomic E-state index is -1.08. The Balaban J connectivity index is 1.56. The smallest absolute Gasteiger partial charge is 0.229 e. The van der Waals surface area contributed by atoms with E-state index in [4.69, 9.17) is 27.1 Å². The van der Waals surface area contributed by atoms with Crippen molar-refractivity contribution in [3.63, 3.8) is 0 Å². The first-order valence-electron chi connectivity index (χ1n) is 11.7. The lowest BCUT2D eigenvalue weighted by Gasteiger charge is -2.19. The summed E-state index contributed by atoms with van der Waals surface area (Å²) in [4.78, 5) is 14.1. The van der Waals surface area contributed by atoms with Gasteiger partial charge in [0, 0.05) is 40.8 Å². The number of aliphatic hydroxyl groups excluding tert-OH is 1. The van der Waals surface area contributed by atoms with E-state index in [-0.39, 0.29) is 0 Å². The molecule has 0 saturated carbocycles. The number of allylic oxidation sites excluding steroid dienone is 1. The van der Waals surface area contributed by atoms with Gasteiger partial charge in [-0.15, -0.1) is 11.3 Å². The van der Waals surface area contributed by atoms with Gasteiger partial charge in [-0.2, -0.15) is 15.5 Å². The zero-order valence-corrected chi connectivity index (χ0v) is 22.4. The molecule has 0 radical (unpaired) electrons. The Morgan fingerprint density at radius 3 is 2.54 bits per heavy atom. The van der Waals surface area contributed by atoms with Crippen LogP contribution >= 0.6 is 22.9 Å². The van der Waals surface area contributed by atoms with Gasteiger partial charge in [0.05, 0.1) is 23.4 Å². The maximum absolute atomic E-state index is 11.5. The third kappa shape index (κ3) is 5.44. The molecule has 1 atom stereocenters. The summed E-state index contributed by atoms with van der Waals surface area (Å²) < 4.78 is 1.75. The van der Waals surface area contributed by atoms with Crippen molar-refractivity contribution in [1.82, 2.24) is 19.4 Å². The van der Waals surface area contributed by atoms with Gasteiger partial charge < -0.3 is 15.7 Å². The largest absolute Gasteiger partial charge is 0.382 e. The van der Waals surface area contributed by atoms with Crippen LogP contribution in [0, 0.1) is 36.5 Å². The third-order valence-corrected chi connectivity index (χ3v) is 7.06.